The van der Waals surface area contributed by atoms with Crippen molar-refractivity contribution < 1.29 is 4.79 Å². The third kappa shape index (κ3) is 4.52. The summed E-state index contributed by atoms with van der Waals surface area (Å²) < 4.78 is 0. The molecule has 2 atom stereocenters. The second-order valence-corrected chi connectivity index (χ2v) is 6.00. The van der Waals surface area contributed by atoms with Crippen LogP contribution in [0.25, 0.3) is 0 Å². The van der Waals surface area contributed by atoms with Crippen LogP contribution < -0.4 is 5.73 Å². The van der Waals surface area contributed by atoms with E-state index in [0.717, 1.165) is 5.56 Å². The normalized spacial score (nSPS) is 14.1. The Labute approximate surface area is 118 Å². The molecular formula is C13H19ClN2OS. The highest BCUT2D eigenvalue weighted by Gasteiger charge is 2.18. The molecule has 0 bridgehead atoms. The lowest BCUT2D eigenvalue weighted by Gasteiger charge is -2.21. The molecule has 5 heteroatoms. The number of amides is 1. The number of benzene rings is 1. The van der Waals surface area contributed by atoms with Gasteiger partial charge < -0.3 is 10.6 Å². The van der Waals surface area contributed by atoms with Crippen LogP contribution in [0.4, 0.5) is 0 Å². The van der Waals surface area contributed by atoms with E-state index in [0.29, 0.717) is 10.8 Å². The highest BCUT2D eigenvalue weighted by Crippen LogP contribution is 2.32. The van der Waals surface area contributed by atoms with Crippen molar-refractivity contribution in [3.05, 3.63) is 34.9 Å². The van der Waals surface area contributed by atoms with Gasteiger partial charge >= 0.3 is 0 Å². The molecule has 0 saturated carbocycles. The van der Waals surface area contributed by atoms with E-state index in [-0.39, 0.29) is 17.2 Å². The highest BCUT2D eigenvalue weighted by molar-refractivity contribution is 8.00. The van der Waals surface area contributed by atoms with Gasteiger partial charge in [0.2, 0.25) is 5.91 Å². The average molecular weight is 287 g/mol. The Balaban J connectivity index is 2.72. The molecule has 1 aromatic carbocycles. The first kappa shape index (κ1) is 15.3. The summed E-state index contributed by atoms with van der Waals surface area (Å²) in [5.41, 5.74) is 7.09. The van der Waals surface area contributed by atoms with Crippen molar-refractivity contribution in [3.8, 4) is 0 Å². The van der Waals surface area contributed by atoms with E-state index in [2.05, 4.69) is 0 Å². The van der Waals surface area contributed by atoms with Crippen molar-refractivity contribution in [1.29, 1.82) is 0 Å². The molecule has 100 valence electrons. The maximum Gasteiger partial charge on any atom is 0.232 e. The van der Waals surface area contributed by atoms with Crippen LogP contribution in [0.3, 0.4) is 0 Å². The summed E-state index contributed by atoms with van der Waals surface area (Å²) in [6, 6.07) is 7.60. The van der Waals surface area contributed by atoms with Crippen LogP contribution in [0.15, 0.2) is 24.3 Å². The van der Waals surface area contributed by atoms with Crippen LogP contribution in [-0.4, -0.2) is 36.7 Å². The van der Waals surface area contributed by atoms with Gasteiger partial charge in [-0.3, -0.25) is 4.79 Å². The fourth-order valence-corrected chi connectivity index (χ4v) is 2.85. The van der Waals surface area contributed by atoms with Gasteiger partial charge in [0, 0.05) is 30.4 Å². The highest BCUT2D eigenvalue weighted by atomic mass is 35.5. The Kier molecular flexibility index (Phi) is 5.99. The minimum Gasteiger partial charge on any atom is -0.348 e. The first-order valence-electron chi connectivity index (χ1n) is 5.74. The summed E-state index contributed by atoms with van der Waals surface area (Å²) in [7, 11) is 3.51. The van der Waals surface area contributed by atoms with Crippen LogP contribution in [0.1, 0.15) is 17.7 Å². The molecule has 0 spiro atoms. The SMILES string of the molecule is CC(N)C(SCC(=O)N(C)C)c1ccc(Cl)cc1. The molecule has 1 rings (SSSR count). The second-order valence-electron chi connectivity index (χ2n) is 4.43. The average Bonchev–Trinajstić information content (AvgIpc) is 2.30. The molecule has 0 heterocycles. The molecule has 3 nitrogen and oxygen atoms in total. The van der Waals surface area contributed by atoms with Crippen molar-refractivity contribution >= 4 is 29.3 Å². The van der Waals surface area contributed by atoms with Crippen molar-refractivity contribution in [1.82, 2.24) is 4.90 Å². The summed E-state index contributed by atoms with van der Waals surface area (Å²) in [6.45, 7) is 1.95. The predicted molar refractivity (Wildman–Crippen MR) is 79.0 cm³/mol. The number of hydrogen-bond donors (Lipinski definition) is 1. The van der Waals surface area contributed by atoms with Gasteiger partial charge in [-0.25, -0.2) is 0 Å². The van der Waals surface area contributed by atoms with E-state index in [1.54, 1.807) is 30.8 Å². The molecule has 0 aliphatic rings. The van der Waals surface area contributed by atoms with Crippen LogP contribution in [0, 0.1) is 0 Å². The van der Waals surface area contributed by atoms with Crippen molar-refractivity contribution in [2.24, 2.45) is 5.73 Å². The number of hydrogen-bond acceptors (Lipinski definition) is 3. The maximum atomic E-state index is 11.6. The number of nitrogens with two attached hydrogens (primary N) is 1. The monoisotopic (exact) mass is 286 g/mol. The second kappa shape index (κ2) is 7.02. The van der Waals surface area contributed by atoms with Crippen LogP contribution in [0.5, 0.6) is 0 Å². The topological polar surface area (TPSA) is 46.3 Å². The number of thioether (sulfide) groups is 1. The Morgan fingerprint density at radius 1 is 1.39 bits per heavy atom. The van der Waals surface area contributed by atoms with E-state index in [1.807, 2.05) is 31.2 Å². The predicted octanol–water partition coefficient (Wildman–Crippen LogP) is 2.55. The number of rotatable bonds is 5. The molecule has 0 fully saturated rings. The largest absolute Gasteiger partial charge is 0.348 e. The quantitative estimate of drug-likeness (QED) is 0.905. The first-order chi connectivity index (χ1) is 8.41. The van der Waals surface area contributed by atoms with Gasteiger partial charge in [-0.15, -0.1) is 11.8 Å². The summed E-state index contributed by atoms with van der Waals surface area (Å²) in [6.07, 6.45) is 0. The Hall–Kier alpha value is -0.710. The minimum absolute atomic E-state index is 0.0221. The first-order valence-corrected chi connectivity index (χ1v) is 7.17. The van der Waals surface area contributed by atoms with Gasteiger partial charge in [-0.2, -0.15) is 0 Å². The lowest BCUT2D eigenvalue weighted by Crippen LogP contribution is -2.27. The van der Waals surface area contributed by atoms with E-state index in [4.69, 9.17) is 17.3 Å². The third-order valence-electron chi connectivity index (χ3n) is 2.56. The molecule has 0 radical (unpaired) electrons. The zero-order chi connectivity index (χ0) is 13.7. The number of carbonyl (C=O) groups is 1. The van der Waals surface area contributed by atoms with Gasteiger partial charge in [-0.1, -0.05) is 23.7 Å². The number of nitrogens with zero attached hydrogens (tertiary/aromatic N) is 1. The van der Waals surface area contributed by atoms with E-state index in [9.17, 15) is 4.79 Å². The smallest absolute Gasteiger partial charge is 0.232 e. The molecule has 18 heavy (non-hydrogen) atoms. The standard InChI is InChI=1S/C13H19ClN2OS/c1-9(15)13(18-8-12(17)16(2)3)10-4-6-11(14)7-5-10/h4-7,9,13H,8,15H2,1-3H3. The van der Waals surface area contributed by atoms with Gasteiger partial charge in [0.15, 0.2) is 0 Å². The van der Waals surface area contributed by atoms with Crippen molar-refractivity contribution in [2.75, 3.05) is 19.8 Å². The van der Waals surface area contributed by atoms with Gasteiger partial charge in [0.1, 0.15) is 0 Å². The van der Waals surface area contributed by atoms with E-state index >= 15 is 0 Å². The van der Waals surface area contributed by atoms with Gasteiger partial charge in [0.05, 0.1) is 5.75 Å². The number of halogens is 1. The fraction of sp³-hybridized carbons (Fsp3) is 0.462. The fourth-order valence-electron chi connectivity index (χ4n) is 1.49. The number of carbonyl (C=O) groups excluding carboxylic acids is 1. The summed E-state index contributed by atoms with van der Waals surface area (Å²) >= 11 is 7.43. The summed E-state index contributed by atoms with van der Waals surface area (Å²) in [5.74, 6) is 0.529. The molecule has 0 aliphatic heterocycles. The Morgan fingerprint density at radius 2 is 1.94 bits per heavy atom. The molecule has 2 N–H and O–H groups in total. The van der Waals surface area contributed by atoms with Crippen LogP contribution in [-0.2, 0) is 4.79 Å². The minimum atomic E-state index is -0.0221. The van der Waals surface area contributed by atoms with Gasteiger partial charge in [0.25, 0.3) is 0 Å². The lowest BCUT2D eigenvalue weighted by molar-refractivity contribution is -0.125. The van der Waals surface area contributed by atoms with Crippen molar-refractivity contribution in [3.63, 3.8) is 0 Å². The Bertz CT molecular complexity index is 392. The maximum absolute atomic E-state index is 11.6. The molecular weight excluding hydrogens is 268 g/mol. The third-order valence-corrected chi connectivity index (χ3v) is 4.29. The summed E-state index contributed by atoms with van der Waals surface area (Å²) in [4.78, 5) is 13.2. The Morgan fingerprint density at radius 3 is 2.39 bits per heavy atom. The van der Waals surface area contributed by atoms with E-state index in [1.165, 1.54) is 0 Å². The zero-order valence-electron chi connectivity index (χ0n) is 10.9. The molecule has 1 amide bonds. The molecule has 1 aromatic rings. The zero-order valence-corrected chi connectivity index (χ0v) is 12.5. The van der Waals surface area contributed by atoms with Crippen LogP contribution in [0.2, 0.25) is 5.02 Å². The van der Waals surface area contributed by atoms with Gasteiger partial charge in [-0.05, 0) is 24.6 Å². The molecule has 2 unspecified atom stereocenters. The van der Waals surface area contributed by atoms with Crippen LogP contribution >= 0.6 is 23.4 Å². The summed E-state index contributed by atoms with van der Waals surface area (Å²) in [5, 5.41) is 0.808. The molecule has 0 saturated heterocycles. The lowest BCUT2D eigenvalue weighted by atomic mass is 10.1. The van der Waals surface area contributed by atoms with Crippen molar-refractivity contribution in [2.45, 2.75) is 18.2 Å². The van der Waals surface area contributed by atoms with E-state index < -0.39 is 0 Å². The molecule has 0 aromatic heterocycles. The molecule has 0 aliphatic carbocycles.